The number of nitrogens with zero attached hydrogens (tertiary/aromatic N) is 4. The molecule has 2 aromatic heterocycles. The van der Waals surface area contributed by atoms with Crippen LogP contribution in [0, 0.1) is 34.5 Å². The monoisotopic (exact) mass is 798 g/mol. The zero-order valence-electron chi connectivity index (χ0n) is 34.3. The number of ether oxygens (including phenoxy) is 1. The van der Waals surface area contributed by atoms with E-state index >= 15 is 0 Å². The first kappa shape index (κ1) is 38.4. The summed E-state index contributed by atoms with van der Waals surface area (Å²) >= 11 is 0. The van der Waals surface area contributed by atoms with E-state index in [1.165, 1.54) is 7.11 Å². The van der Waals surface area contributed by atoms with Crippen LogP contribution in [0.25, 0.3) is 32.8 Å². The number of carbonyl (C=O) groups excluding carboxylic acids is 3. The molecule has 2 saturated heterocycles. The second-order valence-corrected chi connectivity index (χ2v) is 18.3. The molecular weight excluding hydrogens is 749 g/mol. The third kappa shape index (κ3) is 6.60. The minimum absolute atomic E-state index is 0.00885. The van der Waals surface area contributed by atoms with Gasteiger partial charge in [0.1, 0.15) is 23.7 Å². The van der Waals surface area contributed by atoms with Gasteiger partial charge < -0.3 is 40.2 Å². The minimum Gasteiger partial charge on any atom is -0.465 e. The molecule has 4 amide bonds. The van der Waals surface area contributed by atoms with Gasteiger partial charge in [0.05, 0.1) is 41.3 Å². The van der Waals surface area contributed by atoms with Gasteiger partial charge in [-0.15, -0.1) is 0 Å². The first-order chi connectivity index (χ1) is 28.1. The van der Waals surface area contributed by atoms with E-state index in [1.807, 2.05) is 73.9 Å². The largest absolute Gasteiger partial charge is 0.465 e. The zero-order chi connectivity index (χ0) is 41.7. The molecular formula is C45H50N8O6. The Hall–Kier alpha value is -6.10. The highest BCUT2D eigenvalue weighted by Gasteiger charge is 2.65. The second kappa shape index (κ2) is 13.7. The Bertz CT molecular complexity index is 2640. The number of rotatable bonds is 8. The van der Waals surface area contributed by atoms with Gasteiger partial charge in [0.25, 0.3) is 0 Å². The van der Waals surface area contributed by atoms with Gasteiger partial charge in [-0.2, -0.15) is 0 Å². The van der Waals surface area contributed by atoms with E-state index in [-0.39, 0.29) is 58.6 Å². The van der Waals surface area contributed by atoms with Gasteiger partial charge in [-0.3, -0.25) is 9.59 Å². The number of aromatic nitrogens is 4. The standard InChI is InChI=1S/C45H50N8O6/c1-22(2)35(50-42(56)57)40(54)52-31(18-44(5)20-33(44)52)38-46-28-14-11-25(17-30(28)48-38)9-8-24-10-13-27-26(16-24)12-15-29-37(27)49-39(47-29)32-19-45(6)21-34(45)53(32)41(55)36(23(3)4)51-43(58)59-7/h10-17,22-23,31-36,50H,18-21H2,1-7H3,(H,46,48)(H,47,49)(H,51,58)(H,56,57)/t31-,32-,33?,34?,35-,36-,44-,45-/m0/s1. The molecule has 5 aromatic rings. The number of benzene rings is 3. The molecule has 14 heteroatoms. The number of imidazole rings is 2. The van der Waals surface area contributed by atoms with Crippen LogP contribution >= 0.6 is 0 Å². The Balaban J connectivity index is 0.952. The third-order valence-electron chi connectivity index (χ3n) is 13.4. The van der Waals surface area contributed by atoms with Crippen molar-refractivity contribution in [3.05, 3.63) is 71.3 Å². The van der Waals surface area contributed by atoms with Crippen LogP contribution in [0.4, 0.5) is 9.59 Å². The predicted octanol–water partition coefficient (Wildman–Crippen LogP) is 6.77. The van der Waals surface area contributed by atoms with Crippen molar-refractivity contribution in [2.45, 2.75) is 103 Å². The lowest BCUT2D eigenvalue weighted by atomic mass is 10.00. The van der Waals surface area contributed by atoms with Crippen LogP contribution in [0.5, 0.6) is 0 Å². The number of piperidine rings is 2. The Morgan fingerprint density at radius 3 is 1.92 bits per heavy atom. The number of nitrogens with one attached hydrogen (secondary N) is 4. The number of alkyl carbamates (subject to hydrolysis) is 1. The SMILES string of the molecule is COC(=O)N[C@H](C(=O)N1C2C[C@]2(C)C[C@H]1c1nc2c(ccc3cc(C#Cc4ccc5nc([C@@H]6C[C@@]7(C)CC7N6C(=O)[C@@H](NC(=O)O)C(C)C)[nH]c5c4)ccc32)[nH]1)C(C)C. The molecule has 2 saturated carbocycles. The molecule has 2 unspecified atom stereocenters. The lowest BCUT2D eigenvalue weighted by Gasteiger charge is -2.31. The van der Waals surface area contributed by atoms with Crippen molar-refractivity contribution in [1.82, 2.24) is 40.4 Å². The van der Waals surface area contributed by atoms with Crippen LogP contribution < -0.4 is 10.6 Å². The van der Waals surface area contributed by atoms with Crippen LogP contribution in [-0.4, -0.2) is 90.1 Å². The van der Waals surface area contributed by atoms with Gasteiger partial charge in [-0.05, 0) is 90.1 Å². The van der Waals surface area contributed by atoms with Crippen molar-refractivity contribution in [2.24, 2.45) is 22.7 Å². The first-order valence-electron chi connectivity index (χ1n) is 20.5. The van der Waals surface area contributed by atoms with Gasteiger partial charge in [0, 0.05) is 28.6 Å². The van der Waals surface area contributed by atoms with Crippen LogP contribution in [0.3, 0.4) is 0 Å². The Labute approximate surface area is 341 Å². The van der Waals surface area contributed by atoms with Crippen molar-refractivity contribution in [2.75, 3.05) is 7.11 Å². The molecule has 3 aromatic carbocycles. The number of H-pyrrole nitrogens is 2. The van der Waals surface area contributed by atoms with E-state index < -0.39 is 24.3 Å². The molecule has 306 valence electrons. The minimum atomic E-state index is -1.21. The molecule has 0 radical (unpaired) electrons. The van der Waals surface area contributed by atoms with Crippen molar-refractivity contribution < 1.29 is 29.0 Å². The number of hydrogen-bond donors (Lipinski definition) is 5. The lowest BCUT2D eigenvalue weighted by Crippen LogP contribution is -2.52. The molecule has 14 nitrogen and oxygen atoms in total. The second-order valence-electron chi connectivity index (χ2n) is 18.3. The van der Waals surface area contributed by atoms with Crippen LogP contribution in [0.1, 0.15) is 102 Å². The number of hydrogen-bond acceptors (Lipinski definition) is 7. The fraction of sp³-hybridized carbons (Fsp3) is 0.467. The molecule has 0 bridgehead atoms. The van der Waals surface area contributed by atoms with E-state index in [4.69, 9.17) is 14.7 Å². The maximum Gasteiger partial charge on any atom is 0.407 e. The summed E-state index contributed by atoms with van der Waals surface area (Å²) in [7, 11) is 1.30. The quantitative estimate of drug-likeness (QED) is 0.107. The number of methoxy groups -OCH3 is 1. The number of aromatic amines is 2. The summed E-state index contributed by atoms with van der Waals surface area (Å²) in [6, 6.07) is 14.1. The third-order valence-corrected chi connectivity index (χ3v) is 13.4. The number of fused-ring (bicyclic) bond motifs is 6. The number of likely N-dealkylation sites (tertiary alicyclic amines) is 2. The number of carboxylic acid groups (broad SMARTS) is 1. The van der Waals surface area contributed by atoms with Gasteiger partial charge in [-0.25, -0.2) is 19.6 Å². The molecule has 2 aliphatic heterocycles. The van der Waals surface area contributed by atoms with Crippen LogP contribution in [-0.2, 0) is 14.3 Å². The van der Waals surface area contributed by atoms with Gasteiger partial charge in [0.15, 0.2) is 0 Å². The maximum atomic E-state index is 14.0. The van der Waals surface area contributed by atoms with Crippen molar-refractivity contribution >= 4 is 56.8 Å². The maximum absolute atomic E-state index is 14.0. The molecule has 4 fully saturated rings. The van der Waals surface area contributed by atoms with Crippen LogP contribution in [0.2, 0.25) is 0 Å². The smallest absolute Gasteiger partial charge is 0.407 e. The average molecular weight is 799 g/mol. The molecule has 5 N–H and O–H groups in total. The normalized spacial score (nSPS) is 26.4. The number of carbonyl (C=O) groups is 4. The molecule has 2 aliphatic carbocycles. The lowest BCUT2D eigenvalue weighted by molar-refractivity contribution is -0.137. The van der Waals surface area contributed by atoms with Crippen molar-refractivity contribution in [3.8, 4) is 11.8 Å². The highest BCUT2D eigenvalue weighted by molar-refractivity contribution is 6.04. The van der Waals surface area contributed by atoms with E-state index in [0.717, 1.165) is 75.5 Å². The Kier molecular flexibility index (Phi) is 8.95. The van der Waals surface area contributed by atoms with Crippen molar-refractivity contribution in [1.29, 1.82) is 0 Å². The number of amides is 4. The summed E-state index contributed by atoms with van der Waals surface area (Å²) in [5, 5.41) is 16.6. The molecule has 8 atom stereocenters. The molecule has 4 heterocycles. The van der Waals surface area contributed by atoms with E-state index in [2.05, 4.69) is 58.4 Å². The fourth-order valence-electron chi connectivity index (χ4n) is 9.79. The van der Waals surface area contributed by atoms with E-state index in [0.29, 0.717) is 5.82 Å². The first-order valence-corrected chi connectivity index (χ1v) is 20.5. The van der Waals surface area contributed by atoms with Gasteiger partial charge >= 0.3 is 12.2 Å². The Morgan fingerprint density at radius 1 is 0.763 bits per heavy atom. The molecule has 9 rings (SSSR count). The summed E-state index contributed by atoms with van der Waals surface area (Å²) in [6.07, 6.45) is 1.54. The van der Waals surface area contributed by atoms with Crippen molar-refractivity contribution in [3.63, 3.8) is 0 Å². The predicted molar refractivity (Wildman–Crippen MR) is 221 cm³/mol. The van der Waals surface area contributed by atoms with Gasteiger partial charge in [0.2, 0.25) is 11.8 Å². The zero-order valence-corrected chi connectivity index (χ0v) is 34.3. The fourth-order valence-corrected chi connectivity index (χ4v) is 9.79. The van der Waals surface area contributed by atoms with E-state index in [9.17, 15) is 24.3 Å². The summed E-state index contributed by atoms with van der Waals surface area (Å²) in [4.78, 5) is 72.3. The molecule has 59 heavy (non-hydrogen) atoms. The summed E-state index contributed by atoms with van der Waals surface area (Å²) in [5.74, 6) is 7.41. The van der Waals surface area contributed by atoms with E-state index in [1.54, 1.807) is 0 Å². The highest BCUT2D eigenvalue weighted by atomic mass is 16.5. The molecule has 4 aliphatic rings. The summed E-state index contributed by atoms with van der Waals surface area (Å²) < 4.78 is 4.83. The Morgan fingerprint density at radius 2 is 1.32 bits per heavy atom. The highest BCUT2D eigenvalue weighted by Crippen LogP contribution is 2.64. The van der Waals surface area contributed by atoms with Gasteiger partial charge in [-0.1, -0.05) is 65.5 Å². The summed E-state index contributed by atoms with van der Waals surface area (Å²) in [6.45, 7) is 11.9. The van der Waals surface area contributed by atoms with Crippen LogP contribution in [0.15, 0.2) is 48.5 Å². The summed E-state index contributed by atoms with van der Waals surface area (Å²) in [5.41, 5.74) is 4.97. The topological polar surface area (TPSA) is 186 Å². The molecule has 0 spiro atoms. The average Bonchev–Trinajstić information content (AvgIpc) is 3.68.